The van der Waals surface area contributed by atoms with Gasteiger partial charge in [-0.3, -0.25) is 0 Å². The molecule has 6 heteroatoms. The van der Waals surface area contributed by atoms with Gasteiger partial charge in [-0.1, -0.05) is 106 Å². The lowest BCUT2D eigenvalue weighted by Crippen LogP contribution is -2.66. The Hall–Kier alpha value is -2.67. The van der Waals surface area contributed by atoms with Crippen molar-refractivity contribution < 1.29 is 22.7 Å². The molecule has 0 amide bonds. The molecule has 3 rings (SSSR count). The first kappa shape index (κ1) is 26.9. The molecule has 1 N–H and O–H groups in total. The lowest BCUT2D eigenvalue weighted by atomic mass is 9.93. The van der Waals surface area contributed by atoms with E-state index < -0.39 is 25.7 Å². The van der Waals surface area contributed by atoms with E-state index in [9.17, 15) is 18.3 Å². The Morgan fingerprint density at radius 3 is 1.77 bits per heavy atom. The van der Waals surface area contributed by atoms with Crippen molar-refractivity contribution in [3.05, 3.63) is 108 Å². The SMILES string of the molecule is CC(C)(C)[Si](OCC/C=C\[C@](C)(O)c1cccc(C(F)(F)F)c1)(c1ccccc1)c1ccccc1. The van der Waals surface area contributed by atoms with Gasteiger partial charge in [-0.25, -0.2) is 0 Å². The van der Waals surface area contributed by atoms with Crippen LogP contribution in [0, 0.1) is 0 Å². The third-order valence-corrected chi connectivity index (χ3v) is 11.3. The van der Waals surface area contributed by atoms with Crippen LogP contribution in [0.1, 0.15) is 45.2 Å². The monoisotopic (exact) mass is 498 g/mol. The maximum absolute atomic E-state index is 13.1. The molecule has 0 spiro atoms. The average molecular weight is 499 g/mol. The minimum atomic E-state index is -4.46. The van der Waals surface area contributed by atoms with Crippen LogP contribution in [0.5, 0.6) is 0 Å². The quantitative estimate of drug-likeness (QED) is 0.220. The number of hydrogen-bond donors (Lipinski definition) is 1. The fraction of sp³-hybridized carbons (Fsp3) is 0.310. The molecule has 3 aromatic carbocycles. The minimum Gasteiger partial charge on any atom is -0.407 e. The lowest BCUT2D eigenvalue weighted by molar-refractivity contribution is -0.137. The van der Waals surface area contributed by atoms with Crippen LogP contribution in [0.4, 0.5) is 13.2 Å². The first-order valence-corrected chi connectivity index (χ1v) is 13.6. The van der Waals surface area contributed by atoms with Crippen LogP contribution in [0.15, 0.2) is 97.1 Å². The van der Waals surface area contributed by atoms with Gasteiger partial charge in [0.25, 0.3) is 8.32 Å². The van der Waals surface area contributed by atoms with Gasteiger partial charge < -0.3 is 9.53 Å². The summed E-state index contributed by atoms with van der Waals surface area (Å²) in [6.45, 7) is 8.51. The third-order valence-electron chi connectivity index (χ3n) is 6.24. The van der Waals surface area contributed by atoms with Crippen LogP contribution < -0.4 is 10.4 Å². The summed E-state index contributed by atoms with van der Waals surface area (Å²) in [4.78, 5) is 0. The maximum Gasteiger partial charge on any atom is 0.416 e. The van der Waals surface area contributed by atoms with Gasteiger partial charge >= 0.3 is 6.18 Å². The van der Waals surface area contributed by atoms with E-state index in [1.807, 2.05) is 36.4 Å². The second kappa shape index (κ2) is 10.5. The molecule has 0 saturated carbocycles. The number of rotatable bonds is 8. The molecule has 3 aromatic rings. The molecule has 0 unspecified atom stereocenters. The van der Waals surface area contributed by atoms with Crippen molar-refractivity contribution in [3.63, 3.8) is 0 Å². The Morgan fingerprint density at radius 2 is 1.29 bits per heavy atom. The van der Waals surface area contributed by atoms with Crippen LogP contribution in [-0.4, -0.2) is 20.0 Å². The molecule has 0 heterocycles. The number of alkyl halides is 3. The fourth-order valence-electron chi connectivity index (χ4n) is 4.46. The molecule has 1 atom stereocenters. The van der Waals surface area contributed by atoms with Crippen molar-refractivity contribution in [2.24, 2.45) is 0 Å². The first-order valence-electron chi connectivity index (χ1n) is 11.7. The van der Waals surface area contributed by atoms with Crippen molar-refractivity contribution in [1.82, 2.24) is 0 Å². The van der Waals surface area contributed by atoms with E-state index in [0.29, 0.717) is 13.0 Å². The summed E-state index contributed by atoms with van der Waals surface area (Å²) in [5.41, 5.74) is -2.12. The molecule has 35 heavy (non-hydrogen) atoms. The van der Waals surface area contributed by atoms with Gasteiger partial charge in [-0.2, -0.15) is 13.2 Å². The molecule has 186 valence electrons. The molecule has 0 fully saturated rings. The van der Waals surface area contributed by atoms with Crippen molar-refractivity contribution in [2.45, 2.75) is 50.9 Å². The predicted octanol–water partition coefficient (Wildman–Crippen LogP) is 6.44. The molecule has 0 bridgehead atoms. The molecule has 0 saturated heterocycles. The Labute approximate surface area is 207 Å². The molecular formula is C29H33F3O2Si. The number of hydrogen-bond acceptors (Lipinski definition) is 2. The highest BCUT2D eigenvalue weighted by atomic mass is 28.4. The molecule has 0 radical (unpaired) electrons. The average Bonchev–Trinajstić information content (AvgIpc) is 2.81. The zero-order chi connectivity index (χ0) is 25.7. The summed E-state index contributed by atoms with van der Waals surface area (Å²) in [7, 11) is -2.66. The molecule has 0 aromatic heterocycles. The van der Waals surface area contributed by atoms with Crippen LogP contribution >= 0.6 is 0 Å². The van der Waals surface area contributed by atoms with Gasteiger partial charge in [0, 0.05) is 6.61 Å². The lowest BCUT2D eigenvalue weighted by Gasteiger charge is -2.43. The smallest absolute Gasteiger partial charge is 0.407 e. The van der Waals surface area contributed by atoms with E-state index in [-0.39, 0.29) is 10.6 Å². The summed E-state index contributed by atoms with van der Waals surface area (Å²) >= 11 is 0. The third kappa shape index (κ3) is 6.12. The fourth-order valence-corrected chi connectivity index (χ4v) is 9.04. The Bertz CT molecular complexity index is 1080. The first-order chi connectivity index (χ1) is 16.4. The summed E-state index contributed by atoms with van der Waals surface area (Å²) in [5.74, 6) is 0. The van der Waals surface area contributed by atoms with Crippen molar-refractivity contribution in [2.75, 3.05) is 6.61 Å². The topological polar surface area (TPSA) is 29.5 Å². The second-order valence-electron chi connectivity index (χ2n) is 9.93. The molecular weight excluding hydrogens is 465 g/mol. The molecule has 0 aliphatic carbocycles. The number of benzene rings is 3. The van der Waals surface area contributed by atoms with Crippen LogP contribution in [0.2, 0.25) is 5.04 Å². The van der Waals surface area contributed by atoms with Gasteiger partial charge in [-0.15, -0.1) is 0 Å². The van der Waals surface area contributed by atoms with Crippen LogP contribution in [0.3, 0.4) is 0 Å². The van der Waals surface area contributed by atoms with Gasteiger partial charge in [-0.05, 0) is 46.5 Å². The summed E-state index contributed by atoms with van der Waals surface area (Å²) in [6.07, 6.45) is -0.631. The van der Waals surface area contributed by atoms with Crippen LogP contribution in [0.25, 0.3) is 0 Å². The van der Waals surface area contributed by atoms with Crippen LogP contribution in [-0.2, 0) is 16.2 Å². The highest BCUT2D eigenvalue weighted by molar-refractivity contribution is 6.99. The Kier molecular flexibility index (Phi) is 8.09. The van der Waals surface area contributed by atoms with Crippen molar-refractivity contribution in [1.29, 1.82) is 0 Å². The number of aliphatic hydroxyl groups is 1. The standard InChI is InChI=1S/C29H33F3O2Si/c1-27(2,3)35(25-16-7-5-8-17-25,26-18-9-6-10-19-26)34-21-12-11-20-28(4,33)23-14-13-15-24(22-23)29(30,31)32/h5-11,13-20,22,33H,12,21H2,1-4H3/b20-11-/t28-/m0/s1. The second-order valence-corrected chi connectivity index (χ2v) is 14.2. The predicted molar refractivity (Wildman–Crippen MR) is 138 cm³/mol. The maximum atomic E-state index is 13.1. The zero-order valence-corrected chi connectivity index (χ0v) is 21.6. The van der Waals surface area contributed by atoms with E-state index >= 15 is 0 Å². The molecule has 0 aliphatic heterocycles. The van der Waals surface area contributed by atoms with E-state index in [2.05, 4.69) is 45.0 Å². The van der Waals surface area contributed by atoms with E-state index in [4.69, 9.17) is 4.43 Å². The highest BCUT2D eigenvalue weighted by Crippen LogP contribution is 2.37. The highest BCUT2D eigenvalue weighted by Gasteiger charge is 2.49. The van der Waals surface area contributed by atoms with Crippen molar-refractivity contribution in [3.8, 4) is 0 Å². The minimum absolute atomic E-state index is 0.150. The normalized spacial score (nSPS) is 14.7. The van der Waals surface area contributed by atoms with Crippen molar-refractivity contribution >= 4 is 18.7 Å². The summed E-state index contributed by atoms with van der Waals surface area (Å²) in [6, 6.07) is 25.4. The summed E-state index contributed by atoms with van der Waals surface area (Å²) in [5, 5.41) is 13.0. The number of halogens is 3. The zero-order valence-electron chi connectivity index (χ0n) is 20.6. The van der Waals surface area contributed by atoms with E-state index in [0.717, 1.165) is 12.1 Å². The molecule has 2 nitrogen and oxygen atoms in total. The van der Waals surface area contributed by atoms with E-state index in [1.165, 1.54) is 35.5 Å². The van der Waals surface area contributed by atoms with Gasteiger partial charge in [0.05, 0.1) is 5.56 Å². The molecule has 0 aliphatic rings. The van der Waals surface area contributed by atoms with Gasteiger partial charge in [0.2, 0.25) is 0 Å². The van der Waals surface area contributed by atoms with E-state index in [1.54, 1.807) is 6.08 Å². The summed E-state index contributed by atoms with van der Waals surface area (Å²) < 4.78 is 46.1. The van der Waals surface area contributed by atoms with Gasteiger partial charge in [0.15, 0.2) is 0 Å². The Morgan fingerprint density at radius 1 is 0.771 bits per heavy atom. The largest absolute Gasteiger partial charge is 0.416 e. The van der Waals surface area contributed by atoms with Gasteiger partial charge in [0.1, 0.15) is 5.60 Å². The Balaban J connectivity index is 1.82.